The molecule has 0 saturated carbocycles. The van der Waals surface area contributed by atoms with Crippen molar-refractivity contribution >= 4 is 11.9 Å². The fraction of sp³-hybridized carbons (Fsp3) is 0.636. The number of amides is 1. The zero-order valence-electron chi connectivity index (χ0n) is 11.3. The largest absolute Gasteiger partial charge is 0.464 e. The van der Waals surface area contributed by atoms with Gasteiger partial charge in [0, 0.05) is 13.0 Å². The van der Waals surface area contributed by atoms with Gasteiger partial charge in [-0.05, 0) is 20.4 Å². The van der Waals surface area contributed by atoms with Crippen molar-refractivity contribution in [2.75, 3.05) is 20.2 Å². The smallest absolute Gasteiger partial charge is 0.360 e. The van der Waals surface area contributed by atoms with Crippen LogP contribution >= 0.6 is 0 Å². The minimum absolute atomic E-state index is 0.101. The van der Waals surface area contributed by atoms with E-state index in [1.165, 1.54) is 11.8 Å². The van der Waals surface area contributed by atoms with Crippen LogP contribution in [-0.2, 0) is 16.0 Å². The van der Waals surface area contributed by atoms with Crippen molar-refractivity contribution in [2.24, 2.45) is 5.73 Å². The molecule has 1 atom stereocenters. The van der Waals surface area contributed by atoms with Gasteiger partial charge < -0.3 is 15.8 Å². The molecule has 8 heteroatoms. The maximum atomic E-state index is 11.8. The van der Waals surface area contributed by atoms with E-state index in [1.807, 2.05) is 6.92 Å². The average molecular weight is 269 g/mol. The Morgan fingerprint density at radius 3 is 2.74 bits per heavy atom. The van der Waals surface area contributed by atoms with E-state index in [-0.39, 0.29) is 11.6 Å². The lowest BCUT2D eigenvalue weighted by Crippen LogP contribution is -2.32. The summed E-state index contributed by atoms with van der Waals surface area (Å²) < 4.78 is 6.04. The Balaban J connectivity index is 3.10. The number of nitrogens with two attached hydrogens (primary N) is 1. The fourth-order valence-corrected chi connectivity index (χ4v) is 1.68. The van der Waals surface area contributed by atoms with Crippen molar-refractivity contribution in [1.29, 1.82) is 0 Å². The van der Waals surface area contributed by atoms with E-state index in [9.17, 15) is 9.59 Å². The maximum Gasteiger partial charge on any atom is 0.360 e. The molecule has 0 aliphatic rings. The average Bonchev–Trinajstić information content (AvgIpc) is 2.81. The van der Waals surface area contributed by atoms with Crippen LogP contribution in [0.4, 0.5) is 0 Å². The molecule has 106 valence electrons. The van der Waals surface area contributed by atoms with Gasteiger partial charge in [0.2, 0.25) is 5.91 Å². The number of nitrogens with zero attached hydrogens (tertiary/aromatic N) is 3. The van der Waals surface area contributed by atoms with E-state index < -0.39 is 12.0 Å². The van der Waals surface area contributed by atoms with Crippen LogP contribution in [0.5, 0.6) is 0 Å². The molecular formula is C11H19N5O3. The van der Waals surface area contributed by atoms with Crippen LogP contribution in [0.25, 0.3) is 0 Å². The van der Waals surface area contributed by atoms with E-state index in [1.54, 1.807) is 6.92 Å². The van der Waals surface area contributed by atoms with Crippen LogP contribution in [0.1, 0.15) is 36.1 Å². The van der Waals surface area contributed by atoms with Crippen molar-refractivity contribution in [3.05, 3.63) is 11.4 Å². The van der Waals surface area contributed by atoms with Crippen molar-refractivity contribution in [2.45, 2.75) is 26.3 Å². The lowest BCUT2D eigenvalue weighted by atomic mass is 10.2. The standard InChI is InChI=1S/C11H19N5O3/c1-4-13-10(17)7(2)16-8(5-6-12)9(14-15-16)11(18)19-3/h7H,4-6,12H2,1-3H3,(H,13,17). The predicted octanol–water partition coefficient (Wildman–Crippen LogP) is -0.737. The minimum atomic E-state index is -0.585. The van der Waals surface area contributed by atoms with Gasteiger partial charge in [-0.2, -0.15) is 0 Å². The highest BCUT2D eigenvalue weighted by Crippen LogP contribution is 2.13. The Hall–Kier alpha value is -1.96. The van der Waals surface area contributed by atoms with Gasteiger partial charge in [0.1, 0.15) is 6.04 Å². The number of ether oxygens (including phenoxy) is 1. The molecule has 0 saturated heterocycles. The fourth-order valence-electron chi connectivity index (χ4n) is 1.68. The molecule has 1 aromatic rings. The van der Waals surface area contributed by atoms with E-state index >= 15 is 0 Å². The highest BCUT2D eigenvalue weighted by Gasteiger charge is 2.25. The summed E-state index contributed by atoms with van der Waals surface area (Å²) in [4.78, 5) is 23.4. The van der Waals surface area contributed by atoms with Crippen LogP contribution < -0.4 is 11.1 Å². The van der Waals surface area contributed by atoms with Gasteiger partial charge in [-0.25, -0.2) is 9.48 Å². The number of carbonyl (C=O) groups excluding carboxylic acids is 2. The highest BCUT2D eigenvalue weighted by atomic mass is 16.5. The van der Waals surface area contributed by atoms with Crippen molar-refractivity contribution in [3.8, 4) is 0 Å². The van der Waals surface area contributed by atoms with Crippen LogP contribution in [0.15, 0.2) is 0 Å². The summed E-state index contributed by atoms with van der Waals surface area (Å²) >= 11 is 0. The van der Waals surface area contributed by atoms with Gasteiger partial charge in [-0.15, -0.1) is 5.10 Å². The number of aromatic nitrogens is 3. The van der Waals surface area contributed by atoms with E-state index in [4.69, 9.17) is 5.73 Å². The number of methoxy groups -OCH3 is 1. The number of hydrogen-bond donors (Lipinski definition) is 2. The van der Waals surface area contributed by atoms with Crippen LogP contribution in [0, 0.1) is 0 Å². The van der Waals surface area contributed by atoms with Crippen LogP contribution in [-0.4, -0.2) is 47.1 Å². The molecule has 0 aromatic carbocycles. The Morgan fingerprint density at radius 2 is 2.21 bits per heavy atom. The summed E-state index contributed by atoms with van der Waals surface area (Å²) in [5.74, 6) is -0.778. The molecule has 1 heterocycles. The highest BCUT2D eigenvalue weighted by molar-refractivity contribution is 5.88. The van der Waals surface area contributed by atoms with Gasteiger partial charge in [0.05, 0.1) is 12.8 Å². The first-order valence-electron chi connectivity index (χ1n) is 6.06. The number of hydrogen-bond acceptors (Lipinski definition) is 6. The molecule has 0 radical (unpaired) electrons. The second-order valence-corrected chi connectivity index (χ2v) is 3.93. The molecule has 3 N–H and O–H groups in total. The summed E-state index contributed by atoms with van der Waals surface area (Å²) in [7, 11) is 1.26. The third kappa shape index (κ3) is 3.28. The number of rotatable bonds is 6. The van der Waals surface area contributed by atoms with Gasteiger partial charge in [0.15, 0.2) is 5.69 Å². The van der Waals surface area contributed by atoms with Crippen molar-refractivity contribution in [1.82, 2.24) is 20.3 Å². The summed E-state index contributed by atoms with van der Waals surface area (Å²) in [5, 5.41) is 10.3. The third-order valence-corrected chi connectivity index (χ3v) is 2.65. The molecular weight excluding hydrogens is 250 g/mol. The van der Waals surface area contributed by atoms with Gasteiger partial charge in [-0.3, -0.25) is 4.79 Å². The molecule has 0 aliphatic carbocycles. The number of likely N-dealkylation sites (N-methyl/N-ethyl adjacent to an activating group) is 1. The van der Waals surface area contributed by atoms with Gasteiger partial charge >= 0.3 is 5.97 Å². The molecule has 0 bridgehead atoms. The van der Waals surface area contributed by atoms with Crippen molar-refractivity contribution in [3.63, 3.8) is 0 Å². The third-order valence-electron chi connectivity index (χ3n) is 2.65. The summed E-state index contributed by atoms with van der Waals surface area (Å²) in [6.45, 7) is 4.35. The van der Waals surface area contributed by atoms with Crippen LogP contribution in [0.2, 0.25) is 0 Å². The zero-order chi connectivity index (χ0) is 14.4. The Labute approximate surface area is 111 Å². The lowest BCUT2D eigenvalue weighted by Gasteiger charge is -2.14. The van der Waals surface area contributed by atoms with Crippen molar-refractivity contribution < 1.29 is 14.3 Å². The molecule has 0 spiro atoms. The first-order valence-corrected chi connectivity index (χ1v) is 6.06. The second-order valence-electron chi connectivity index (χ2n) is 3.93. The molecule has 1 unspecified atom stereocenters. The maximum absolute atomic E-state index is 11.8. The number of carbonyl (C=O) groups is 2. The predicted molar refractivity (Wildman–Crippen MR) is 67.5 cm³/mol. The molecule has 19 heavy (non-hydrogen) atoms. The Kier molecular flexibility index (Phi) is 5.43. The molecule has 0 fully saturated rings. The summed E-state index contributed by atoms with van der Waals surface area (Å²) in [6, 6.07) is -0.563. The second kappa shape index (κ2) is 6.83. The lowest BCUT2D eigenvalue weighted by molar-refractivity contribution is -0.124. The Morgan fingerprint density at radius 1 is 1.53 bits per heavy atom. The van der Waals surface area contributed by atoms with Gasteiger partial charge in [-0.1, -0.05) is 5.21 Å². The SMILES string of the molecule is CCNC(=O)C(C)n1nnc(C(=O)OC)c1CCN. The number of esters is 1. The monoisotopic (exact) mass is 269 g/mol. The first-order chi connectivity index (χ1) is 9.06. The van der Waals surface area contributed by atoms with E-state index in [0.29, 0.717) is 25.2 Å². The topological polar surface area (TPSA) is 112 Å². The molecule has 1 rings (SSSR count). The first kappa shape index (κ1) is 15.1. The Bertz CT molecular complexity index is 457. The number of nitrogens with one attached hydrogen (secondary N) is 1. The van der Waals surface area contributed by atoms with Crippen LogP contribution in [0.3, 0.4) is 0 Å². The summed E-state index contributed by atoms with van der Waals surface area (Å²) in [5.41, 5.74) is 6.12. The minimum Gasteiger partial charge on any atom is -0.464 e. The normalized spacial score (nSPS) is 12.0. The van der Waals surface area contributed by atoms with E-state index in [0.717, 1.165) is 0 Å². The quantitative estimate of drug-likeness (QED) is 0.658. The summed E-state index contributed by atoms with van der Waals surface area (Å²) in [6.07, 6.45) is 0.390. The molecule has 1 amide bonds. The molecule has 1 aromatic heterocycles. The molecule has 0 aliphatic heterocycles. The zero-order valence-corrected chi connectivity index (χ0v) is 11.3. The molecule has 8 nitrogen and oxygen atoms in total. The van der Waals surface area contributed by atoms with E-state index in [2.05, 4.69) is 20.4 Å². The van der Waals surface area contributed by atoms with Gasteiger partial charge in [0.25, 0.3) is 0 Å².